The zero-order valence-corrected chi connectivity index (χ0v) is 7.55. The topological polar surface area (TPSA) is 9.23 Å². The highest BCUT2D eigenvalue weighted by molar-refractivity contribution is 5.16. The molecule has 0 aromatic carbocycles. The molecule has 0 aromatic rings. The van der Waals surface area contributed by atoms with Gasteiger partial charge in [-0.2, -0.15) is 0 Å². The summed E-state index contributed by atoms with van der Waals surface area (Å²) in [6, 6.07) is 0. The maximum absolute atomic E-state index is 5.34. The summed E-state index contributed by atoms with van der Waals surface area (Å²) in [4.78, 5) is 0. The van der Waals surface area contributed by atoms with E-state index in [1.165, 1.54) is 12.2 Å². The van der Waals surface area contributed by atoms with Gasteiger partial charge in [-0.05, 0) is 23.8 Å². The second-order valence-electron chi connectivity index (χ2n) is 4.79. The molecule has 1 heterocycles. The van der Waals surface area contributed by atoms with Crippen LogP contribution in [0.5, 0.6) is 0 Å². The molecule has 0 amide bonds. The zero-order valence-electron chi connectivity index (χ0n) is 7.55. The van der Waals surface area contributed by atoms with E-state index in [-0.39, 0.29) is 0 Å². The largest absolute Gasteiger partial charge is 0.497 e. The molecule has 0 N–H and O–H groups in total. The van der Waals surface area contributed by atoms with Crippen molar-refractivity contribution in [2.45, 2.75) is 27.2 Å². The quantitative estimate of drug-likeness (QED) is 0.518. The van der Waals surface area contributed by atoms with Gasteiger partial charge in [0.1, 0.15) is 0 Å². The molecule has 1 fully saturated rings. The van der Waals surface area contributed by atoms with Gasteiger partial charge in [0.05, 0.1) is 18.3 Å². The summed E-state index contributed by atoms with van der Waals surface area (Å²) in [5.74, 6) is 2.79. The second-order valence-corrected chi connectivity index (χ2v) is 4.79. The lowest BCUT2D eigenvalue weighted by molar-refractivity contribution is 0.0506. The normalized spacial score (nSPS) is 35.4. The minimum absolute atomic E-state index is 0.424. The molecule has 1 nitrogen and oxygen atoms in total. The van der Waals surface area contributed by atoms with E-state index in [2.05, 4.69) is 26.8 Å². The molecule has 2 unspecified atom stereocenters. The molecule has 0 radical (unpaired) electrons. The van der Waals surface area contributed by atoms with Gasteiger partial charge in [0.2, 0.25) is 0 Å². The second kappa shape index (κ2) is 2.02. The van der Waals surface area contributed by atoms with Crippen molar-refractivity contribution < 1.29 is 4.74 Å². The van der Waals surface area contributed by atoms with Crippen LogP contribution in [0, 0.1) is 17.3 Å². The lowest BCUT2D eigenvalue weighted by atomic mass is 9.79. The zero-order chi connectivity index (χ0) is 8.06. The van der Waals surface area contributed by atoms with Gasteiger partial charge in [0, 0.05) is 0 Å². The van der Waals surface area contributed by atoms with Crippen molar-refractivity contribution in [3.05, 3.63) is 11.8 Å². The third-order valence-electron chi connectivity index (χ3n) is 2.87. The molecule has 1 heteroatoms. The molecule has 1 aliphatic carbocycles. The average Bonchev–Trinajstić information content (AvgIpc) is 2.06. The maximum Gasteiger partial charge on any atom is 0.0988 e. The molecule has 11 heavy (non-hydrogen) atoms. The molecule has 0 bridgehead atoms. The van der Waals surface area contributed by atoms with Crippen molar-refractivity contribution >= 4 is 0 Å². The minimum atomic E-state index is 0.424. The van der Waals surface area contributed by atoms with Crippen molar-refractivity contribution in [1.82, 2.24) is 0 Å². The molecular formula is C10H16O. The van der Waals surface area contributed by atoms with Crippen LogP contribution in [0.1, 0.15) is 27.2 Å². The van der Waals surface area contributed by atoms with E-state index in [0.717, 1.165) is 18.4 Å². The first-order valence-electron chi connectivity index (χ1n) is 4.42. The fraction of sp³-hybridized carbons (Fsp3) is 0.800. The van der Waals surface area contributed by atoms with E-state index in [9.17, 15) is 0 Å². The van der Waals surface area contributed by atoms with Crippen molar-refractivity contribution in [2.24, 2.45) is 17.3 Å². The molecule has 0 aromatic heterocycles. The number of hydrogen-bond acceptors (Lipinski definition) is 1. The van der Waals surface area contributed by atoms with Gasteiger partial charge in [-0.1, -0.05) is 20.8 Å². The molecule has 2 rings (SSSR count). The van der Waals surface area contributed by atoms with Crippen molar-refractivity contribution in [2.75, 3.05) is 6.61 Å². The highest BCUT2D eigenvalue weighted by Crippen LogP contribution is 2.45. The predicted molar refractivity (Wildman–Crippen MR) is 45.1 cm³/mol. The van der Waals surface area contributed by atoms with Gasteiger partial charge in [-0.3, -0.25) is 0 Å². The third kappa shape index (κ3) is 1.07. The van der Waals surface area contributed by atoms with Crippen LogP contribution in [0.2, 0.25) is 0 Å². The van der Waals surface area contributed by atoms with Crippen LogP contribution in [-0.4, -0.2) is 6.61 Å². The summed E-state index contributed by atoms with van der Waals surface area (Å²) in [7, 11) is 0. The first kappa shape index (κ1) is 7.20. The van der Waals surface area contributed by atoms with Gasteiger partial charge < -0.3 is 4.74 Å². The summed E-state index contributed by atoms with van der Waals surface area (Å²) < 4.78 is 5.34. The Kier molecular flexibility index (Phi) is 1.33. The average molecular weight is 152 g/mol. The van der Waals surface area contributed by atoms with E-state index in [0.29, 0.717) is 5.41 Å². The van der Waals surface area contributed by atoms with Gasteiger partial charge in [0.25, 0.3) is 0 Å². The SMILES string of the molecule is CC(C)(C)C1C=C2OCC2C1. The lowest BCUT2D eigenvalue weighted by Crippen LogP contribution is -2.23. The van der Waals surface area contributed by atoms with E-state index >= 15 is 0 Å². The Labute approximate surface area is 68.4 Å². The van der Waals surface area contributed by atoms with Crippen LogP contribution in [0.25, 0.3) is 0 Å². The molecule has 62 valence electrons. The molecule has 0 saturated carbocycles. The first-order valence-corrected chi connectivity index (χ1v) is 4.42. The summed E-state index contributed by atoms with van der Waals surface area (Å²) in [6.45, 7) is 7.89. The highest BCUT2D eigenvalue weighted by atomic mass is 16.5. The molecule has 1 aliphatic heterocycles. The molecule has 2 atom stereocenters. The Bertz CT molecular complexity index is 197. The number of allylic oxidation sites excluding steroid dienone is 1. The Morgan fingerprint density at radius 1 is 1.45 bits per heavy atom. The third-order valence-corrected chi connectivity index (χ3v) is 2.87. The molecule has 0 spiro atoms. The number of rotatable bonds is 0. The van der Waals surface area contributed by atoms with Crippen molar-refractivity contribution in [3.8, 4) is 0 Å². The standard InChI is InChI=1S/C10H16O/c1-10(2,3)8-4-7-6-11-9(7)5-8/h5,7-8H,4,6H2,1-3H3. The molecule has 2 aliphatic rings. The highest BCUT2D eigenvalue weighted by Gasteiger charge is 2.39. The van der Waals surface area contributed by atoms with E-state index in [1.807, 2.05) is 0 Å². The summed E-state index contributed by atoms with van der Waals surface area (Å²) >= 11 is 0. The molecule has 1 saturated heterocycles. The Balaban J connectivity index is 2.10. The maximum atomic E-state index is 5.34. The van der Waals surface area contributed by atoms with Crippen LogP contribution >= 0.6 is 0 Å². The van der Waals surface area contributed by atoms with Gasteiger partial charge in [-0.15, -0.1) is 0 Å². The van der Waals surface area contributed by atoms with Gasteiger partial charge in [0.15, 0.2) is 0 Å². The van der Waals surface area contributed by atoms with E-state index in [4.69, 9.17) is 4.74 Å². The van der Waals surface area contributed by atoms with E-state index in [1.54, 1.807) is 0 Å². The Morgan fingerprint density at radius 2 is 2.18 bits per heavy atom. The number of hydrogen-bond donors (Lipinski definition) is 0. The first-order chi connectivity index (χ1) is 5.07. The van der Waals surface area contributed by atoms with Crippen molar-refractivity contribution in [3.63, 3.8) is 0 Å². The van der Waals surface area contributed by atoms with Gasteiger partial charge >= 0.3 is 0 Å². The van der Waals surface area contributed by atoms with Crippen LogP contribution in [0.15, 0.2) is 11.8 Å². The lowest BCUT2D eigenvalue weighted by Gasteiger charge is -2.28. The van der Waals surface area contributed by atoms with Crippen molar-refractivity contribution in [1.29, 1.82) is 0 Å². The van der Waals surface area contributed by atoms with E-state index < -0.39 is 0 Å². The van der Waals surface area contributed by atoms with Gasteiger partial charge in [-0.25, -0.2) is 0 Å². The summed E-state index contributed by atoms with van der Waals surface area (Å²) in [5.41, 5.74) is 0.424. The van der Waals surface area contributed by atoms with Crippen LogP contribution in [0.3, 0.4) is 0 Å². The fourth-order valence-electron chi connectivity index (χ4n) is 1.84. The minimum Gasteiger partial charge on any atom is -0.497 e. The number of ether oxygens (including phenoxy) is 1. The fourth-order valence-corrected chi connectivity index (χ4v) is 1.84. The summed E-state index contributed by atoms with van der Waals surface area (Å²) in [5, 5.41) is 0. The molecular weight excluding hydrogens is 136 g/mol. The smallest absolute Gasteiger partial charge is 0.0988 e. The van der Waals surface area contributed by atoms with Crippen LogP contribution in [-0.2, 0) is 4.74 Å². The monoisotopic (exact) mass is 152 g/mol. The van der Waals surface area contributed by atoms with Crippen LogP contribution in [0.4, 0.5) is 0 Å². The van der Waals surface area contributed by atoms with Crippen LogP contribution < -0.4 is 0 Å². The Morgan fingerprint density at radius 3 is 2.45 bits per heavy atom. The predicted octanol–water partition coefficient (Wildman–Crippen LogP) is 2.58. The summed E-state index contributed by atoms with van der Waals surface area (Å²) in [6.07, 6.45) is 3.65. The number of fused-ring (bicyclic) bond motifs is 1. The Hall–Kier alpha value is -0.460.